The van der Waals surface area contributed by atoms with E-state index in [0.717, 1.165) is 68.9 Å². The van der Waals surface area contributed by atoms with Crippen molar-refractivity contribution >= 4 is 5.97 Å². The average molecular weight is 495 g/mol. The van der Waals surface area contributed by atoms with Gasteiger partial charge in [-0.1, -0.05) is 101 Å². The molecule has 3 aromatic rings. The van der Waals surface area contributed by atoms with Gasteiger partial charge in [-0.15, -0.1) is 0 Å². The molecule has 0 fully saturated rings. The number of rotatable bonds is 14. The zero-order chi connectivity index (χ0) is 25.8. The van der Waals surface area contributed by atoms with Gasteiger partial charge in [0.2, 0.25) is 0 Å². The van der Waals surface area contributed by atoms with Crippen molar-refractivity contribution < 1.29 is 23.4 Å². The molecule has 0 aliphatic carbocycles. The Bertz CT molecular complexity index is 1110. The summed E-state index contributed by atoms with van der Waals surface area (Å²) < 4.78 is 31.2. The number of hydrogen-bond acceptors (Lipinski definition) is 3. The maximum absolute atomic E-state index is 15.9. The van der Waals surface area contributed by atoms with Crippen LogP contribution in [0.2, 0.25) is 0 Å². The molecule has 0 saturated carbocycles. The van der Waals surface area contributed by atoms with E-state index in [2.05, 4.69) is 13.8 Å². The molecule has 0 amide bonds. The molecule has 0 aliphatic heterocycles. The topological polar surface area (TPSA) is 35.5 Å². The second-order valence-electron chi connectivity index (χ2n) is 9.09. The normalized spacial score (nSPS) is 11.0. The zero-order valence-corrected chi connectivity index (χ0v) is 21.3. The monoisotopic (exact) mass is 494 g/mol. The summed E-state index contributed by atoms with van der Waals surface area (Å²) in [5.74, 6) is -2.28. The highest BCUT2D eigenvalue weighted by Crippen LogP contribution is 2.37. The van der Waals surface area contributed by atoms with E-state index in [9.17, 15) is 4.79 Å². The summed E-state index contributed by atoms with van der Waals surface area (Å²) in [5.41, 5.74) is 1.95. The lowest BCUT2D eigenvalue weighted by Gasteiger charge is -2.15. The van der Waals surface area contributed by atoms with Crippen molar-refractivity contribution in [1.29, 1.82) is 0 Å². The number of hydrogen-bond donors (Lipinski definition) is 0. The van der Waals surface area contributed by atoms with Gasteiger partial charge in [-0.2, -0.15) is 4.89 Å². The zero-order valence-electron chi connectivity index (χ0n) is 21.3. The first-order chi connectivity index (χ1) is 17.6. The van der Waals surface area contributed by atoms with Crippen molar-refractivity contribution in [2.24, 2.45) is 0 Å². The molecule has 0 heterocycles. The molecule has 3 rings (SSSR count). The van der Waals surface area contributed by atoms with Gasteiger partial charge in [-0.3, -0.25) is 4.89 Å². The van der Waals surface area contributed by atoms with E-state index >= 15 is 8.78 Å². The highest BCUT2D eigenvalue weighted by Gasteiger charge is 2.24. The number of unbranched alkanes of at least 4 members (excludes halogenated alkanes) is 6. The summed E-state index contributed by atoms with van der Waals surface area (Å²) in [6.07, 6.45) is 9.00. The summed E-state index contributed by atoms with van der Waals surface area (Å²) >= 11 is 0. The van der Waals surface area contributed by atoms with Crippen molar-refractivity contribution in [2.45, 2.75) is 71.6 Å². The van der Waals surface area contributed by atoms with E-state index in [4.69, 9.17) is 9.78 Å². The van der Waals surface area contributed by atoms with Crippen LogP contribution in [-0.4, -0.2) is 12.6 Å². The fourth-order valence-electron chi connectivity index (χ4n) is 4.26. The molecule has 0 radical (unpaired) electrons. The number of halogens is 2. The van der Waals surface area contributed by atoms with Gasteiger partial charge >= 0.3 is 5.97 Å². The maximum atomic E-state index is 15.9. The Kier molecular flexibility index (Phi) is 11.1. The second-order valence-corrected chi connectivity index (χ2v) is 9.09. The Hall–Kier alpha value is -3.05. The van der Waals surface area contributed by atoms with Crippen molar-refractivity contribution in [3.05, 3.63) is 83.4 Å². The molecule has 0 atom stereocenters. The van der Waals surface area contributed by atoms with E-state index in [0.29, 0.717) is 5.56 Å². The van der Waals surface area contributed by atoms with Crippen LogP contribution in [0.5, 0.6) is 0 Å². The number of carbonyl (C=O) groups excluding carboxylic acids is 1. The molecule has 0 N–H and O–H groups in total. The number of carbonyl (C=O) groups is 1. The molecule has 0 aromatic heterocycles. The summed E-state index contributed by atoms with van der Waals surface area (Å²) in [4.78, 5) is 22.5. The van der Waals surface area contributed by atoms with Gasteiger partial charge in [0.1, 0.15) is 11.6 Å². The van der Waals surface area contributed by atoms with Crippen LogP contribution in [0.1, 0.15) is 81.1 Å². The van der Waals surface area contributed by atoms with E-state index in [1.54, 1.807) is 12.1 Å². The van der Waals surface area contributed by atoms with E-state index in [1.165, 1.54) is 12.1 Å². The maximum Gasteiger partial charge on any atom is 0.376 e. The number of aryl methyl sites for hydroxylation is 1. The van der Waals surface area contributed by atoms with Crippen LogP contribution in [0.3, 0.4) is 0 Å². The molecular formula is C31H36F2O3. The Balaban J connectivity index is 1.90. The quantitative estimate of drug-likeness (QED) is 0.127. The molecule has 0 aliphatic rings. The first-order valence-electron chi connectivity index (χ1n) is 13.1. The minimum Gasteiger partial charge on any atom is -0.293 e. The van der Waals surface area contributed by atoms with Crippen LogP contribution < -0.4 is 0 Å². The van der Waals surface area contributed by atoms with Gasteiger partial charge in [0.25, 0.3) is 0 Å². The standard InChI is InChI=1S/C31H36F2O3/c1-3-5-7-10-14-23-17-18-26(28(32)22-23)29-25(24-15-11-9-12-16-24)19-20-27(30(29)33)31(34)36-35-21-13-8-6-4-2/h9,11-12,15-20,22H,3-8,10,13-14,21H2,1-2H3. The summed E-state index contributed by atoms with van der Waals surface area (Å²) in [5, 5.41) is 0. The molecule has 0 saturated heterocycles. The van der Waals surface area contributed by atoms with Crippen LogP contribution >= 0.6 is 0 Å². The second kappa shape index (κ2) is 14.5. The Morgan fingerprint density at radius 1 is 0.778 bits per heavy atom. The van der Waals surface area contributed by atoms with Gasteiger partial charge in [0.15, 0.2) is 0 Å². The van der Waals surface area contributed by atoms with Crippen molar-refractivity contribution in [2.75, 3.05) is 6.61 Å². The van der Waals surface area contributed by atoms with E-state index in [1.807, 2.05) is 36.4 Å². The summed E-state index contributed by atoms with van der Waals surface area (Å²) in [6, 6.07) is 17.1. The molecule has 0 bridgehead atoms. The third-order valence-electron chi connectivity index (χ3n) is 6.28. The first-order valence-corrected chi connectivity index (χ1v) is 13.1. The average Bonchev–Trinajstić information content (AvgIpc) is 2.89. The van der Waals surface area contributed by atoms with Gasteiger partial charge < -0.3 is 0 Å². The van der Waals surface area contributed by atoms with Crippen molar-refractivity contribution in [1.82, 2.24) is 0 Å². The minimum atomic E-state index is -0.934. The molecule has 0 spiro atoms. The Morgan fingerprint density at radius 2 is 1.47 bits per heavy atom. The predicted octanol–water partition coefficient (Wildman–Crippen LogP) is 9.09. The van der Waals surface area contributed by atoms with E-state index < -0.39 is 17.6 Å². The lowest BCUT2D eigenvalue weighted by atomic mass is 9.91. The highest BCUT2D eigenvalue weighted by atomic mass is 19.1. The van der Waals surface area contributed by atoms with Crippen molar-refractivity contribution in [3.63, 3.8) is 0 Å². The van der Waals surface area contributed by atoms with Crippen LogP contribution in [0.15, 0.2) is 60.7 Å². The predicted molar refractivity (Wildman–Crippen MR) is 141 cm³/mol. The van der Waals surface area contributed by atoms with Gasteiger partial charge in [-0.05, 0) is 48.1 Å². The Labute approximate surface area is 213 Å². The molecule has 36 heavy (non-hydrogen) atoms. The van der Waals surface area contributed by atoms with Crippen LogP contribution in [0, 0.1) is 11.6 Å². The van der Waals surface area contributed by atoms with Crippen molar-refractivity contribution in [3.8, 4) is 22.3 Å². The van der Waals surface area contributed by atoms with Crippen LogP contribution in [0.4, 0.5) is 8.78 Å². The van der Waals surface area contributed by atoms with Crippen LogP contribution in [0.25, 0.3) is 22.3 Å². The summed E-state index contributed by atoms with van der Waals surface area (Å²) in [7, 11) is 0. The fraction of sp³-hybridized carbons (Fsp3) is 0.387. The largest absolute Gasteiger partial charge is 0.376 e. The van der Waals surface area contributed by atoms with Gasteiger partial charge in [0.05, 0.1) is 12.2 Å². The SMILES string of the molecule is CCCCCCOOC(=O)c1ccc(-c2ccccc2)c(-c2ccc(CCCCCC)cc2F)c1F. The third-order valence-corrected chi connectivity index (χ3v) is 6.28. The molecule has 5 heteroatoms. The smallest absolute Gasteiger partial charge is 0.293 e. The van der Waals surface area contributed by atoms with E-state index in [-0.39, 0.29) is 23.3 Å². The molecule has 3 aromatic carbocycles. The molecular weight excluding hydrogens is 458 g/mol. The Morgan fingerprint density at radius 3 is 2.17 bits per heavy atom. The highest BCUT2D eigenvalue weighted by molar-refractivity contribution is 5.95. The summed E-state index contributed by atoms with van der Waals surface area (Å²) in [6.45, 7) is 4.50. The lowest BCUT2D eigenvalue weighted by Crippen LogP contribution is -2.10. The third kappa shape index (κ3) is 7.47. The molecule has 0 unspecified atom stereocenters. The molecule has 192 valence electrons. The minimum absolute atomic E-state index is 0.0358. The lowest BCUT2D eigenvalue weighted by molar-refractivity contribution is -0.241. The number of benzene rings is 3. The molecule has 3 nitrogen and oxygen atoms in total. The fourth-order valence-corrected chi connectivity index (χ4v) is 4.26. The van der Waals surface area contributed by atoms with Gasteiger partial charge in [-0.25, -0.2) is 13.6 Å². The van der Waals surface area contributed by atoms with Crippen LogP contribution in [-0.2, 0) is 16.2 Å². The van der Waals surface area contributed by atoms with Gasteiger partial charge in [0, 0.05) is 11.1 Å². The first kappa shape index (κ1) is 27.5.